The lowest BCUT2D eigenvalue weighted by Crippen LogP contribution is -2.14. The molecule has 0 aliphatic heterocycles. The Kier molecular flexibility index (Phi) is 3.28. The average Bonchev–Trinajstić information content (AvgIpc) is 3.20. The van der Waals surface area contributed by atoms with Crippen molar-refractivity contribution in [2.45, 2.75) is 19.3 Å². The van der Waals surface area contributed by atoms with Gasteiger partial charge in [0, 0.05) is 16.4 Å². The molecule has 29 heavy (non-hydrogen) atoms. The number of benzene rings is 3. The summed E-state index contributed by atoms with van der Waals surface area (Å²) < 4.78 is 5.82. The van der Waals surface area contributed by atoms with E-state index in [0.29, 0.717) is 16.6 Å². The zero-order valence-electron chi connectivity index (χ0n) is 16.0. The van der Waals surface area contributed by atoms with Gasteiger partial charge in [0.05, 0.1) is 0 Å². The van der Waals surface area contributed by atoms with Crippen LogP contribution in [-0.4, -0.2) is 9.97 Å². The Bertz CT molecular complexity index is 1450. The molecule has 0 unspecified atom stereocenters. The van der Waals surface area contributed by atoms with E-state index in [-0.39, 0.29) is 5.41 Å². The number of hydrogen-bond donors (Lipinski definition) is 0. The zero-order chi connectivity index (χ0) is 19.8. The van der Waals surface area contributed by atoms with Crippen LogP contribution in [0.2, 0.25) is 5.15 Å². The molecule has 0 atom stereocenters. The fourth-order valence-corrected chi connectivity index (χ4v) is 4.77. The number of aromatic nitrogens is 2. The Hall–Kier alpha value is -3.17. The highest BCUT2D eigenvalue weighted by atomic mass is 35.5. The van der Waals surface area contributed by atoms with Crippen LogP contribution in [0.1, 0.15) is 25.0 Å². The van der Waals surface area contributed by atoms with E-state index in [9.17, 15) is 0 Å². The van der Waals surface area contributed by atoms with Crippen LogP contribution in [0.3, 0.4) is 0 Å². The summed E-state index contributed by atoms with van der Waals surface area (Å²) in [5.41, 5.74) is 8.74. The third-order valence-electron chi connectivity index (χ3n) is 6.03. The minimum atomic E-state index is -0.0751. The summed E-state index contributed by atoms with van der Waals surface area (Å²) >= 11 is 6.54. The van der Waals surface area contributed by atoms with Crippen molar-refractivity contribution >= 4 is 33.8 Å². The van der Waals surface area contributed by atoms with Crippen molar-refractivity contribution in [1.82, 2.24) is 9.97 Å². The summed E-state index contributed by atoms with van der Waals surface area (Å²) in [6.07, 6.45) is 0. The lowest BCUT2D eigenvalue weighted by Gasteiger charge is -2.21. The summed E-state index contributed by atoms with van der Waals surface area (Å²) in [5.74, 6) is 0. The second kappa shape index (κ2) is 5.68. The predicted octanol–water partition coefficient (Wildman–Crippen LogP) is 7.00. The molecule has 1 aliphatic rings. The molecule has 5 aromatic rings. The van der Waals surface area contributed by atoms with E-state index in [1.54, 1.807) is 0 Å². The standard InChI is InChI=1S/C25H17ClN2O/c1-25(2)18-9-5-3-7-15(18)16-12-11-14(13-19(16)25)21-23(26)28-24-22(27-21)17-8-4-6-10-20(17)29-24/h3-13H,1-2H3. The molecule has 0 spiro atoms. The van der Waals surface area contributed by atoms with Crippen LogP contribution in [0.4, 0.5) is 0 Å². The highest BCUT2D eigenvalue weighted by molar-refractivity contribution is 6.32. The first-order valence-corrected chi connectivity index (χ1v) is 10.0. The third kappa shape index (κ3) is 2.25. The monoisotopic (exact) mass is 396 g/mol. The summed E-state index contributed by atoms with van der Waals surface area (Å²) in [6.45, 7) is 4.53. The Balaban J connectivity index is 1.59. The minimum Gasteiger partial charge on any atom is -0.436 e. The van der Waals surface area contributed by atoms with Crippen molar-refractivity contribution in [3.8, 4) is 22.4 Å². The molecule has 0 saturated heterocycles. The molecule has 6 rings (SSSR count). The fourth-order valence-electron chi connectivity index (χ4n) is 4.54. The lowest BCUT2D eigenvalue weighted by molar-refractivity contribution is 0.653. The van der Waals surface area contributed by atoms with E-state index < -0.39 is 0 Å². The molecule has 0 amide bonds. The van der Waals surface area contributed by atoms with Crippen molar-refractivity contribution in [2.24, 2.45) is 0 Å². The number of halogens is 1. The molecule has 3 aromatic carbocycles. The summed E-state index contributed by atoms with van der Waals surface area (Å²) in [6, 6.07) is 22.9. The first-order chi connectivity index (χ1) is 14.0. The quantitative estimate of drug-likeness (QED) is 0.306. The Morgan fingerprint density at radius 2 is 1.59 bits per heavy atom. The first kappa shape index (κ1) is 16.8. The summed E-state index contributed by atoms with van der Waals surface area (Å²) in [4.78, 5) is 9.36. The van der Waals surface area contributed by atoms with Gasteiger partial charge in [-0.25, -0.2) is 4.98 Å². The van der Waals surface area contributed by atoms with Crippen LogP contribution >= 0.6 is 11.6 Å². The van der Waals surface area contributed by atoms with Crippen molar-refractivity contribution in [3.63, 3.8) is 0 Å². The largest absolute Gasteiger partial charge is 0.436 e. The lowest BCUT2D eigenvalue weighted by atomic mass is 9.82. The van der Waals surface area contributed by atoms with Gasteiger partial charge in [-0.2, -0.15) is 4.98 Å². The summed E-state index contributed by atoms with van der Waals surface area (Å²) in [5, 5.41) is 1.30. The molecule has 2 aromatic heterocycles. The van der Waals surface area contributed by atoms with Gasteiger partial charge in [-0.15, -0.1) is 0 Å². The van der Waals surface area contributed by atoms with Crippen LogP contribution < -0.4 is 0 Å². The van der Waals surface area contributed by atoms with Crippen molar-refractivity contribution in [3.05, 3.63) is 83.0 Å². The van der Waals surface area contributed by atoms with Gasteiger partial charge in [0.25, 0.3) is 0 Å². The molecule has 4 heteroatoms. The van der Waals surface area contributed by atoms with E-state index in [0.717, 1.165) is 22.0 Å². The van der Waals surface area contributed by atoms with Crippen LogP contribution in [0.25, 0.3) is 44.6 Å². The van der Waals surface area contributed by atoms with Crippen molar-refractivity contribution in [1.29, 1.82) is 0 Å². The van der Waals surface area contributed by atoms with Gasteiger partial charge in [-0.3, -0.25) is 0 Å². The smallest absolute Gasteiger partial charge is 0.247 e. The topological polar surface area (TPSA) is 38.9 Å². The second-order valence-corrected chi connectivity index (χ2v) is 8.40. The van der Waals surface area contributed by atoms with Gasteiger partial charge in [0.2, 0.25) is 5.71 Å². The van der Waals surface area contributed by atoms with Gasteiger partial charge in [0.1, 0.15) is 16.8 Å². The van der Waals surface area contributed by atoms with E-state index in [2.05, 4.69) is 61.3 Å². The van der Waals surface area contributed by atoms with Crippen LogP contribution in [0.5, 0.6) is 0 Å². The second-order valence-electron chi connectivity index (χ2n) is 8.05. The van der Waals surface area contributed by atoms with Gasteiger partial charge < -0.3 is 4.42 Å². The van der Waals surface area contributed by atoms with Gasteiger partial charge in [-0.05, 0) is 40.5 Å². The first-order valence-electron chi connectivity index (χ1n) is 9.63. The van der Waals surface area contributed by atoms with Crippen LogP contribution in [-0.2, 0) is 5.41 Å². The Morgan fingerprint density at radius 1 is 0.828 bits per heavy atom. The van der Waals surface area contributed by atoms with Gasteiger partial charge in [-0.1, -0.05) is 74.0 Å². The van der Waals surface area contributed by atoms with E-state index >= 15 is 0 Å². The maximum atomic E-state index is 6.54. The van der Waals surface area contributed by atoms with Gasteiger partial charge >= 0.3 is 0 Å². The summed E-state index contributed by atoms with van der Waals surface area (Å²) in [7, 11) is 0. The maximum Gasteiger partial charge on any atom is 0.247 e. The van der Waals surface area contributed by atoms with Gasteiger partial charge in [0.15, 0.2) is 5.15 Å². The van der Waals surface area contributed by atoms with Crippen molar-refractivity contribution in [2.75, 3.05) is 0 Å². The molecule has 0 N–H and O–H groups in total. The molecule has 0 saturated carbocycles. The normalized spacial score (nSPS) is 14.3. The molecule has 1 aliphatic carbocycles. The zero-order valence-corrected chi connectivity index (χ0v) is 16.8. The van der Waals surface area contributed by atoms with Crippen molar-refractivity contribution < 1.29 is 4.42 Å². The molecule has 0 bridgehead atoms. The number of para-hydroxylation sites is 1. The molecular formula is C25H17ClN2O. The molecular weight excluding hydrogens is 380 g/mol. The predicted molar refractivity (Wildman–Crippen MR) is 117 cm³/mol. The number of furan rings is 1. The molecule has 140 valence electrons. The number of fused-ring (bicyclic) bond motifs is 6. The average molecular weight is 397 g/mol. The maximum absolute atomic E-state index is 6.54. The highest BCUT2D eigenvalue weighted by Gasteiger charge is 2.35. The third-order valence-corrected chi connectivity index (χ3v) is 6.29. The molecule has 3 nitrogen and oxygen atoms in total. The molecule has 0 radical (unpaired) electrons. The number of hydrogen-bond acceptors (Lipinski definition) is 3. The number of rotatable bonds is 1. The van der Waals surface area contributed by atoms with E-state index in [4.69, 9.17) is 21.0 Å². The minimum absolute atomic E-state index is 0.0751. The van der Waals surface area contributed by atoms with E-state index in [1.165, 1.54) is 22.3 Å². The molecule has 2 heterocycles. The Labute approximate surface area is 173 Å². The van der Waals surface area contributed by atoms with Crippen LogP contribution in [0, 0.1) is 0 Å². The molecule has 0 fully saturated rings. The Morgan fingerprint density at radius 3 is 2.48 bits per heavy atom. The van der Waals surface area contributed by atoms with Crippen LogP contribution in [0.15, 0.2) is 71.1 Å². The fraction of sp³-hybridized carbons (Fsp3) is 0.120. The van der Waals surface area contributed by atoms with E-state index in [1.807, 2.05) is 24.3 Å². The number of nitrogens with zero attached hydrogens (tertiary/aromatic N) is 2. The SMILES string of the molecule is CC1(C)c2ccccc2-c2ccc(-c3nc4c(nc3Cl)oc3ccccc34)cc21. The highest BCUT2D eigenvalue weighted by Crippen LogP contribution is 2.49.